The van der Waals surface area contributed by atoms with Crippen molar-refractivity contribution in [1.82, 2.24) is 24.6 Å². The quantitative estimate of drug-likeness (QED) is 0.0612. The number of nitrogens with one attached hydrogen (secondary N) is 1. The van der Waals surface area contributed by atoms with Crippen molar-refractivity contribution < 1.29 is 23.9 Å². The molecule has 0 fully saturated rings. The number of benzene rings is 6. The van der Waals surface area contributed by atoms with Gasteiger partial charge in [-0.15, -0.1) is 0 Å². The number of unbranched alkanes of at least 4 members (excludes halogenated alkanes) is 4. The minimum absolute atomic E-state index is 0.0951. The summed E-state index contributed by atoms with van der Waals surface area (Å²) in [4.78, 5) is 36.6. The summed E-state index contributed by atoms with van der Waals surface area (Å²) in [5.74, 6) is 3.09. The summed E-state index contributed by atoms with van der Waals surface area (Å²) in [6, 6.07) is 52.9. The first kappa shape index (κ1) is 42.9. The van der Waals surface area contributed by atoms with Crippen molar-refractivity contribution >= 4 is 33.9 Å². The lowest BCUT2D eigenvalue weighted by atomic mass is 10.2. The Morgan fingerprint density at radius 3 is 1.37 bits per heavy atom. The number of hydroxylamine groups is 1. The summed E-state index contributed by atoms with van der Waals surface area (Å²) < 4.78 is 16.3. The third-order valence-corrected chi connectivity index (χ3v) is 10.2. The zero-order valence-corrected chi connectivity index (χ0v) is 35.0. The maximum atomic E-state index is 11.4. The van der Waals surface area contributed by atoms with Crippen molar-refractivity contribution in [3.8, 4) is 45.6 Å². The van der Waals surface area contributed by atoms with E-state index in [1.165, 1.54) is 7.11 Å². The molecule has 0 spiro atoms. The van der Waals surface area contributed by atoms with E-state index in [1.807, 2.05) is 109 Å². The van der Waals surface area contributed by atoms with Crippen molar-refractivity contribution in [1.29, 1.82) is 0 Å². The second-order valence-corrected chi connectivity index (χ2v) is 14.8. The first-order valence-corrected chi connectivity index (χ1v) is 21.1. The number of carbonyl (C=O) groups excluding carboxylic acids is 2. The molecule has 8 aromatic rings. The summed E-state index contributed by atoms with van der Waals surface area (Å²) in [7, 11) is 1.44. The number of nitrogens with zero attached hydrogens (tertiary/aromatic N) is 4. The Morgan fingerprint density at radius 1 is 0.532 bits per heavy atom. The van der Waals surface area contributed by atoms with Gasteiger partial charge in [0.25, 0.3) is 0 Å². The van der Waals surface area contributed by atoms with Crippen LogP contribution in [0.15, 0.2) is 158 Å². The molecule has 0 aliphatic carbocycles. The summed E-state index contributed by atoms with van der Waals surface area (Å²) in [5, 5.41) is 0. The molecule has 0 saturated carbocycles. The fraction of sp³-hybridized carbons (Fsp3) is 0.216. The van der Waals surface area contributed by atoms with Gasteiger partial charge in [-0.05, 0) is 87.1 Å². The Bertz CT molecular complexity index is 2650. The van der Waals surface area contributed by atoms with Gasteiger partial charge in [-0.2, -0.15) is 0 Å². The van der Waals surface area contributed by atoms with E-state index in [0.29, 0.717) is 26.1 Å². The van der Waals surface area contributed by atoms with Gasteiger partial charge in [0.05, 0.1) is 42.4 Å². The number of imidazole rings is 2. The highest BCUT2D eigenvalue weighted by Gasteiger charge is 2.17. The van der Waals surface area contributed by atoms with Crippen LogP contribution in [0.25, 0.3) is 56.2 Å². The van der Waals surface area contributed by atoms with E-state index in [-0.39, 0.29) is 11.8 Å². The molecule has 11 heteroatoms. The number of aromatic nitrogens is 4. The lowest BCUT2D eigenvalue weighted by Gasteiger charge is -2.11. The van der Waals surface area contributed by atoms with Crippen LogP contribution in [0.1, 0.15) is 51.4 Å². The number of amides is 2. The molecule has 2 heterocycles. The average Bonchev–Trinajstić information content (AvgIpc) is 3.89. The van der Waals surface area contributed by atoms with Gasteiger partial charge in [-0.25, -0.2) is 15.4 Å². The van der Waals surface area contributed by atoms with Gasteiger partial charge in [0, 0.05) is 47.5 Å². The predicted octanol–water partition coefficient (Wildman–Crippen LogP) is 10.4. The third kappa shape index (κ3) is 11.3. The van der Waals surface area contributed by atoms with Crippen molar-refractivity contribution in [3.63, 3.8) is 0 Å². The van der Waals surface area contributed by atoms with E-state index in [1.54, 1.807) is 0 Å². The van der Waals surface area contributed by atoms with Crippen LogP contribution in [0.2, 0.25) is 0 Å². The van der Waals surface area contributed by atoms with E-state index < -0.39 is 0 Å². The molecule has 0 unspecified atom stereocenters. The van der Waals surface area contributed by atoms with Crippen LogP contribution < -0.4 is 20.7 Å². The Balaban J connectivity index is 0.000000187. The average molecular weight is 829 g/mol. The molecule has 316 valence electrons. The summed E-state index contributed by atoms with van der Waals surface area (Å²) in [6.45, 7) is 1.21. The second kappa shape index (κ2) is 21.8. The maximum absolute atomic E-state index is 11.4. The molecule has 0 aliphatic rings. The highest BCUT2D eigenvalue weighted by molar-refractivity contribution is 5.85. The van der Waals surface area contributed by atoms with Crippen LogP contribution in [0, 0.1) is 0 Å². The smallest absolute Gasteiger partial charge is 0.243 e. The van der Waals surface area contributed by atoms with E-state index in [9.17, 15) is 9.59 Å². The standard InChI is InChI=1S/C26H27N3O3.C25H25N3O2/c1-31-28-25(30)15-9-4-10-18-32-22-16-17-23-24(19-22)29(21-13-7-3-8-14-21)26(27-23)20-11-5-2-6-12-20;26-24(29)14-8-3-9-17-30-21-15-16-22-23(18-21)28(20-12-6-2-7-13-20)25(27-22)19-10-4-1-5-11-19/h2-3,5-8,11-14,16-17,19H,4,9-10,15,18H2,1H3,(H,28,30);1-2,4-7,10-13,15-16,18H,3,8-9,14,17H2,(H2,26,29). The lowest BCUT2D eigenvalue weighted by molar-refractivity contribution is -0.131. The van der Waals surface area contributed by atoms with Gasteiger partial charge in [-0.3, -0.25) is 23.6 Å². The normalized spacial score (nSPS) is 10.9. The Hall–Kier alpha value is -7.24. The molecule has 0 radical (unpaired) electrons. The number of carbonyl (C=O) groups is 2. The molecule has 6 aromatic carbocycles. The first-order chi connectivity index (χ1) is 30.5. The Morgan fingerprint density at radius 2 is 0.952 bits per heavy atom. The van der Waals surface area contributed by atoms with Crippen LogP contribution >= 0.6 is 0 Å². The molecular weight excluding hydrogens is 777 g/mol. The molecular formula is C51H52N6O5. The minimum Gasteiger partial charge on any atom is -0.494 e. The number of nitrogens with two attached hydrogens (primary N) is 1. The molecule has 0 saturated heterocycles. The maximum Gasteiger partial charge on any atom is 0.243 e. The van der Waals surface area contributed by atoms with Crippen LogP contribution in [0.3, 0.4) is 0 Å². The number of hydrogen-bond donors (Lipinski definition) is 2. The SMILES string of the molecule is CONC(=O)CCCCCOc1ccc2nc(-c3ccccc3)n(-c3ccccc3)c2c1.NC(=O)CCCCCOc1ccc2nc(-c3ccccc3)n(-c3ccccc3)c2c1. The molecule has 8 rings (SSSR count). The number of ether oxygens (including phenoxy) is 2. The predicted molar refractivity (Wildman–Crippen MR) is 245 cm³/mol. The fourth-order valence-electron chi connectivity index (χ4n) is 7.22. The molecule has 11 nitrogen and oxygen atoms in total. The highest BCUT2D eigenvalue weighted by Crippen LogP contribution is 2.32. The molecule has 0 atom stereocenters. The number of hydrogen-bond acceptors (Lipinski definition) is 7. The lowest BCUT2D eigenvalue weighted by Crippen LogP contribution is -2.21. The second-order valence-electron chi connectivity index (χ2n) is 14.8. The molecule has 3 N–H and O–H groups in total. The van der Waals surface area contributed by atoms with Crippen molar-refractivity contribution in [2.45, 2.75) is 51.4 Å². The molecule has 0 aliphatic heterocycles. The number of primary amides is 1. The largest absolute Gasteiger partial charge is 0.494 e. The van der Waals surface area contributed by atoms with Crippen LogP contribution in [0.5, 0.6) is 11.5 Å². The van der Waals surface area contributed by atoms with Gasteiger partial charge < -0.3 is 15.2 Å². The summed E-state index contributed by atoms with van der Waals surface area (Å²) in [5.41, 5.74) is 15.6. The van der Waals surface area contributed by atoms with Crippen LogP contribution in [0.4, 0.5) is 0 Å². The van der Waals surface area contributed by atoms with Crippen molar-refractivity contribution in [2.75, 3.05) is 20.3 Å². The molecule has 2 amide bonds. The number of para-hydroxylation sites is 2. The minimum atomic E-state index is -0.246. The van der Waals surface area contributed by atoms with Gasteiger partial charge in [-0.1, -0.05) is 97.1 Å². The fourth-order valence-corrected chi connectivity index (χ4v) is 7.22. The van der Waals surface area contributed by atoms with E-state index in [4.69, 9.17) is 25.2 Å². The van der Waals surface area contributed by atoms with Crippen molar-refractivity contribution in [3.05, 3.63) is 158 Å². The van der Waals surface area contributed by atoms with Crippen molar-refractivity contribution in [2.24, 2.45) is 5.73 Å². The number of rotatable bonds is 19. The number of fused-ring (bicyclic) bond motifs is 2. The molecule has 0 bridgehead atoms. The van der Waals surface area contributed by atoms with Gasteiger partial charge in [0.15, 0.2) is 0 Å². The Kier molecular flexibility index (Phi) is 15.1. The van der Waals surface area contributed by atoms with Gasteiger partial charge >= 0.3 is 0 Å². The molecule has 62 heavy (non-hydrogen) atoms. The van der Waals surface area contributed by atoms with Gasteiger partial charge in [0.2, 0.25) is 11.8 Å². The van der Waals surface area contributed by atoms with E-state index in [2.05, 4.69) is 68.0 Å². The highest BCUT2D eigenvalue weighted by atomic mass is 16.6. The Labute approximate surface area is 362 Å². The molecule has 2 aromatic heterocycles. The zero-order valence-electron chi connectivity index (χ0n) is 35.0. The summed E-state index contributed by atoms with van der Waals surface area (Å²) >= 11 is 0. The van der Waals surface area contributed by atoms with Crippen LogP contribution in [-0.2, 0) is 14.4 Å². The monoisotopic (exact) mass is 828 g/mol. The first-order valence-electron chi connectivity index (χ1n) is 21.1. The van der Waals surface area contributed by atoms with E-state index >= 15 is 0 Å². The summed E-state index contributed by atoms with van der Waals surface area (Å²) in [6.07, 6.45) is 6.11. The third-order valence-electron chi connectivity index (χ3n) is 10.2. The van der Waals surface area contributed by atoms with Gasteiger partial charge in [0.1, 0.15) is 23.1 Å². The topological polar surface area (TPSA) is 136 Å². The van der Waals surface area contributed by atoms with E-state index in [0.717, 1.165) is 106 Å². The zero-order chi connectivity index (χ0) is 42.9. The van der Waals surface area contributed by atoms with Crippen LogP contribution in [-0.4, -0.2) is 51.2 Å².